The first kappa shape index (κ1) is 24.0. The molecule has 0 bridgehead atoms. The minimum absolute atomic E-state index is 0.0535. The van der Waals surface area contributed by atoms with E-state index in [9.17, 15) is 22.0 Å². The largest absolute Gasteiger partial charge is 0.523 e. The highest BCUT2D eigenvalue weighted by atomic mass is 19.4. The second kappa shape index (κ2) is 9.99. The lowest BCUT2D eigenvalue weighted by atomic mass is 9.60. The van der Waals surface area contributed by atoms with Gasteiger partial charge < -0.3 is 0 Å². The predicted molar refractivity (Wildman–Crippen MR) is 114 cm³/mol. The molecule has 1 aromatic carbocycles. The molecule has 6 unspecified atom stereocenters. The van der Waals surface area contributed by atoms with Crippen molar-refractivity contribution < 1.29 is 26.7 Å². The molecule has 3 aliphatic carbocycles. The topological polar surface area (TPSA) is 9.23 Å². The van der Waals surface area contributed by atoms with E-state index in [2.05, 4.69) is 11.7 Å². The molecule has 0 aromatic heterocycles. The van der Waals surface area contributed by atoms with E-state index in [1.807, 2.05) is 0 Å². The van der Waals surface area contributed by atoms with E-state index in [4.69, 9.17) is 0 Å². The van der Waals surface area contributed by atoms with Crippen LogP contribution in [0, 0.1) is 41.2 Å². The second-order valence-corrected chi connectivity index (χ2v) is 10.4. The van der Waals surface area contributed by atoms with Gasteiger partial charge in [0.1, 0.15) is 11.6 Å². The van der Waals surface area contributed by atoms with Crippen LogP contribution in [0.1, 0.15) is 94.8 Å². The predicted octanol–water partition coefficient (Wildman–Crippen LogP) is 8.52. The smallest absolute Gasteiger partial charge is 0.283 e. The zero-order chi connectivity index (χ0) is 22.9. The highest BCUT2D eigenvalue weighted by Crippen LogP contribution is 2.53. The molecule has 6 heteroatoms. The summed E-state index contributed by atoms with van der Waals surface area (Å²) in [6, 6.07) is 1.81. The fourth-order valence-corrected chi connectivity index (χ4v) is 6.97. The van der Waals surface area contributed by atoms with Gasteiger partial charge in [0, 0.05) is 6.07 Å². The van der Waals surface area contributed by atoms with Gasteiger partial charge >= 0.3 is 6.36 Å². The van der Waals surface area contributed by atoms with E-state index in [1.165, 1.54) is 38.5 Å². The minimum atomic E-state index is -4.84. The first-order valence-corrected chi connectivity index (χ1v) is 12.5. The van der Waals surface area contributed by atoms with Gasteiger partial charge in [0.25, 0.3) is 0 Å². The maximum absolute atomic E-state index is 14.3. The molecule has 0 saturated heterocycles. The molecular formula is C26H35F5O. The summed E-state index contributed by atoms with van der Waals surface area (Å²) in [5.41, 5.74) is 0.232. The van der Waals surface area contributed by atoms with Gasteiger partial charge in [-0.3, -0.25) is 4.74 Å². The van der Waals surface area contributed by atoms with Crippen LogP contribution in [0.15, 0.2) is 12.1 Å². The minimum Gasteiger partial charge on any atom is -0.283 e. The van der Waals surface area contributed by atoms with Gasteiger partial charge in [-0.25, -0.2) is 8.78 Å². The molecule has 4 rings (SSSR count). The SMILES string of the molecule is CCCCCC1CCC2CC(C3CCc4c(F)cc(F)cc4C3OC(F)(F)F)CCC2C1. The number of halogens is 5. The Balaban J connectivity index is 1.47. The number of fused-ring (bicyclic) bond motifs is 2. The fraction of sp³-hybridized carbons (Fsp3) is 0.769. The van der Waals surface area contributed by atoms with Crippen LogP contribution in [-0.4, -0.2) is 6.36 Å². The van der Waals surface area contributed by atoms with Gasteiger partial charge in [-0.2, -0.15) is 0 Å². The van der Waals surface area contributed by atoms with Gasteiger partial charge in [0.2, 0.25) is 0 Å². The molecule has 3 aliphatic rings. The summed E-state index contributed by atoms with van der Waals surface area (Å²) in [6.45, 7) is 2.22. The number of benzene rings is 1. The molecule has 0 spiro atoms. The maximum atomic E-state index is 14.3. The van der Waals surface area contributed by atoms with Crippen LogP contribution < -0.4 is 0 Å². The van der Waals surface area contributed by atoms with Crippen molar-refractivity contribution in [1.82, 2.24) is 0 Å². The van der Waals surface area contributed by atoms with Crippen molar-refractivity contribution in [3.05, 3.63) is 34.9 Å². The van der Waals surface area contributed by atoms with Gasteiger partial charge in [-0.05, 0) is 91.7 Å². The average molecular weight is 459 g/mol. The summed E-state index contributed by atoms with van der Waals surface area (Å²) in [6.07, 6.45) is 6.27. The van der Waals surface area contributed by atoms with Crippen molar-refractivity contribution in [3.8, 4) is 0 Å². The third kappa shape index (κ3) is 5.48. The summed E-state index contributed by atoms with van der Waals surface area (Å²) in [5, 5.41) is 0. The lowest BCUT2D eigenvalue weighted by Crippen LogP contribution is -2.38. The quantitative estimate of drug-likeness (QED) is 0.307. The summed E-state index contributed by atoms with van der Waals surface area (Å²) in [5.74, 6) is 0.191. The van der Waals surface area contributed by atoms with Crippen molar-refractivity contribution in [1.29, 1.82) is 0 Å². The molecule has 1 nitrogen and oxygen atoms in total. The molecule has 180 valence electrons. The maximum Gasteiger partial charge on any atom is 0.523 e. The van der Waals surface area contributed by atoms with E-state index >= 15 is 0 Å². The monoisotopic (exact) mass is 458 g/mol. The molecule has 32 heavy (non-hydrogen) atoms. The summed E-state index contributed by atoms with van der Waals surface area (Å²) >= 11 is 0. The Labute approximate surface area is 188 Å². The Morgan fingerprint density at radius 2 is 1.62 bits per heavy atom. The molecule has 0 heterocycles. The molecule has 0 N–H and O–H groups in total. The van der Waals surface area contributed by atoms with Crippen molar-refractivity contribution in [2.45, 2.75) is 96.4 Å². The standard InChI is InChI=1S/C26H35F5O/c1-2-3-4-5-16-6-7-18-13-19(9-8-17(18)12-16)21-10-11-22-23(14-20(27)15-24(22)28)25(21)32-26(29,30)31/h14-19,21,25H,2-13H2,1H3. The summed E-state index contributed by atoms with van der Waals surface area (Å²) in [7, 11) is 0. The summed E-state index contributed by atoms with van der Waals surface area (Å²) < 4.78 is 72.7. The molecule has 2 fully saturated rings. The first-order valence-electron chi connectivity index (χ1n) is 12.5. The number of rotatable bonds is 6. The van der Waals surface area contributed by atoms with E-state index < -0.39 is 24.1 Å². The highest BCUT2D eigenvalue weighted by molar-refractivity contribution is 5.34. The average Bonchev–Trinajstić information content (AvgIpc) is 2.73. The Kier molecular flexibility index (Phi) is 7.48. The van der Waals surface area contributed by atoms with Crippen molar-refractivity contribution in [2.75, 3.05) is 0 Å². The zero-order valence-electron chi connectivity index (χ0n) is 18.9. The third-order valence-electron chi connectivity index (χ3n) is 8.46. The molecule has 0 radical (unpaired) electrons. The third-order valence-corrected chi connectivity index (χ3v) is 8.46. The first-order chi connectivity index (χ1) is 15.2. The lowest BCUT2D eigenvalue weighted by molar-refractivity contribution is -0.354. The highest BCUT2D eigenvalue weighted by Gasteiger charge is 2.46. The van der Waals surface area contributed by atoms with Crippen LogP contribution in [0.25, 0.3) is 0 Å². The van der Waals surface area contributed by atoms with E-state index in [0.29, 0.717) is 24.7 Å². The molecule has 1 aromatic rings. The van der Waals surface area contributed by atoms with Crippen molar-refractivity contribution in [3.63, 3.8) is 0 Å². The molecule has 0 amide bonds. The Morgan fingerprint density at radius 1 is 0.906 bits per heavy atom. The van der Waals surface area contributed by atoms with Crippen LogP contribution in [0.5, 0.6) is 0 Å². The van der Waals surface area contributed by atoms with Crippen LogP contribution in [0.3, 0.4) is 0 Å². The lowest BCUT2D eigenvalue weighted by Gasteiger charge is -2.46. The van der Waals surface area contributed by atoms with Crippen LogP contribution in [0.4, 0.5) is 22.0 Å². The van der Waals surface area contributed by atoms with Gasteiger partial charge in [-0.1, -0.05) is 39.0 Å². The van der Waals surface area contributed by atoms with Crippen molar-refractivity contribution >= 4 is 0 Å². The Hall–Kier alpha value is -1.17. The van der Waals surface area contributed by atoms with E-state index in [-0.39, 0.29) is 23.0 Å². The van der Waals surface area contributed by atoms with Gasteiger partial charge in [0.05, 0.1) is 6.10 Å². The molecule has 0 aliphatic heterocycles. The van der Waals surface area contributed by atoms with Gasteiger partial charge in [0.15, 0.2) is 0 Å². The number of unbranched alkanes of at least 4 members (excludes halogenated alkanes) is 2. The van der Waals surface area contributed by atoms with Gasteiger partial charge in [-0.15, -0.1) is 13.2 Å². The number of hydrogen-bond donors (Lipinski definition) is 0. The van der Waals surface area contributed by atoms with Crippen LogP contribution in [0.2, 0.25) is 0 Å². The normalized spacial score (nSPS) is 32.9. The summed E-state index contributed by atoms with van der Waals surface area (Å²) in [4.78, 5) is 0. The number of ether oxygens (including phenoxy) is 1. The van der Waals surface area contributed by atoms with Crippen LogP contribution >= 0.6 is 0 Å². The fourth-order valence-electron chi connectivity index (χ4n) is 6.97. The zero-order valence-corrected chi connectivity index (χ0v) is 18.9. The molecule has 2 saturated carbocycles. The number of alkyl halides is 3. The second-order valence-electron chi connectivity index (χ2n) is 10.4. The van der Waals surface area contributed by atoms with E-state index in [1.54, 1.807) is 0 Å². The van der Waals surface area contributed by atoms with E-state index in [0.717, 1.165) is 43.7 Å². The molecule has 6 atom stereocenters. The van der Waals surface area contributed by atoms with Crippen LogP contribution in [-0.2, 0) is 11.2 Å². The van der Waals surface area contributed by atoms with Crippen molar-refractivity contribution in [2.24, 2.45) is 29.6 Å². The Morgan fingerprint density at radius 3 is 2.38 bits per heavy atom. The molecular weight excluding hydrogens is 423 g/mol. The Bertz CT molecular complexity index is 776. The number of hydrogen-bond acceptors (Lipinski definition) is 1.